The maximum atomic E-state index is 12.1. The zero-order valence-corrected chi connectivity index (χ0v) is 12.4. The normalized spacial score (nSPS) is 13.2. The lowest BCUT2D eigenvalue weighted by atomic mass is 10.0. The van der Waals surface area contributed by atoms with E-state index in [1.807, 2.05) is 0 Å². The number of nitrogens with one attached hydrogen (secondary N) is 2. The van der Waals surface area contributed by atoms with Crippen LogP contribution in [0.2, 0.25) is 5.02 Å². The van der Waals surface area contributed by atoms with Gasteiger partial charge in [0.15, 0.2) is 0 Å². The Morgan fingerprint density at radius 1 is 1.26 bits per heavy atom. The van der Waals surface area contributed by atoms with Gasteiger partial charge < -0.3 is 15.4 Å². The lowest BCUT2D eigenvalue weighted by Gasteiger charge is -2.05. The van der Waals surface area contributed by atoms with Gasteiger partial charge in [-0.05, 0) is 30.3 Å². The molecule has 0 aliphatic carbocycles. The molecule has 1 aliphatic heterocycles. The molecule has 0 fully saturated rings. The Morgan fingerprint density at radius 2 is 2.09 bits per heavy atom. The first kappa shape index (κ1) is 13.8. The van der Waals surface area contributed by atoms with Gasteiger partial charge in [-0.15, -0.1) is 0 Å². The van der Waals surface area contributed by atoms with Gasteiger partial charge in [0.05, 0.1) is 22.2 Å². The number of benzene rings is 2. The molecule has 0 saturated carbocycles. The minimum atomic E-state index is -1.00. The minimum Gasteiger partial charge on any atom is -0.478 e. The largest absolute Gasteiger partial charge is 0.478 e. The summed E-state index contributed by atoms with van der Waals surface area (Å²) in [4.78, 5) is 30.7. The van der Waals surface area contributed by atoms with Crippen molar-refractivity contribution in [3.05, 3.63) is 52.0 Å². The number of halogens is 1. The van der Waals surface area contributed by atoms with E-state index < -0.39 is 5.97 Å². The Balaban J connectivity index is 1.92. The van der Waals surface area contributed by atoms with Crippen LogP contribution in [0.1, 0.15) is 26.3 Å². The van der Waals surface area contributed by atoms with Crippen LogP contribution in [0.25, 0.3) is 22.4 Å². The number of carbonyl (C=O) groups excluding carboxylic acids is 1. The molecule has 114 valence electrons. The Kier molecular flexibility index (Phi) is 2.89. The number of amides is 1. The fraction of sp³-hybridized carbons (Fsp3) is 0.0625. The molecule has 3 N–H and O–H groups in total. The van der Waals surface area contributed by atoms with Gasteiger partial charge in [-0.25, -0.2) is 9.78 Å². The molecular formula is C16H10ClN3O3. The highest BCUT2D eigenvalue weighted by molar-refractivity contribution is 6.32. The predicted octanol–water partition coefficient (Wildman–Crippen LogP) is 2.82. The Bertz CT molecular complexity index is 994. The Labute approximate surface area is 135 Å². The van der Waals surface area contributed by atoms with Crippen molar-refractivity contribution in [2.45, 2.75) is 6.54 Å². The molecule has 0 atom stereocenters. The number of H-pyrrole nitrogens is 1. The monoisotopic (exact) mass is 327 g/mol. The number of carboxylic acids is 1. The number of rotatable bonds is 2. The molecular weight excluding hydrogens is 318 g/mol. The maximum absolute atomic E-state index is 12.1. The number of aromatic nitrogens is 2. The number of hydrogen-bond donors (Lipinski definition) is 3. The maximum Gasteiger partial charge on any atom is 0.335 e. The highest BCUT2D eigenvalue weighted by Crippen LogP contribution is 2.33. The molecule has 4 rings (SSSR count). The molecule has 3 aromatic rings. The van der Waals surface area contributed by atoms with Crippen molar-refractivity contribution in [1.29, 1.82) is 0 Å². The molecule has 0 saturated heterocycles. The van der Waals surface area contributed by atoms with E-state index in [0.717, 1.165) is 5.56 Å². The van der Waals surface area contributed by atoms with Crippen molar-refractivity contribution < 1.29 is 14.7 Å². The topological polar surface area (TPSA) is 95.1 Å². The molecule has 6 nitrogen and oxygen atoms in total. The average molecular weight is 328 g/mol. The van der Waals surface area contributed by atoms with Crippen molar-refractivity contribution >= 4 is 34.5 Å². The van der Waals surface area contributed by atoms with Crippen LogP contribution in [0.5, 0.6) is 0 Å². The molecule has 0 unspecified atom stereocenters. The van der Waals surface area contributed by atoms with Gasteiger partial charge in [-0.1, -0.05) is 11.6 Å². The van der Waals surface area contributed by atoms with Gasteiger partial charge in [-0.3, -0.25) is 4.79 Å². The summed E-state index contributed by atoms with van der Waals surface area (Å²) in [5.74, 6) is -0.688. The molecule has 23 heavy (non-hydrogen) atoms. The second-order valence-corrected chi connectivity index (χ2v) is 5.66. The van der Waals surface area contributed by atoms with Gasteiger partial charge in [0, 0.05) is 22.7 Å². The van der Waals surface area contributed by atoms with E-state index in [2.05, 4.69) is 15.3 Å². The highest BCUT2D eigenvalue weighted by atomic mass is 35.5. The fourth-order valence-electron chi connectivity index (χ4n) is 2.78. The van der Waals surface area contributed by atoms with Gasteiger partial charge in [0.2, 0.25) is 0 Å². The van der Waals surface area contributed by atoms with Crippen LogP contribution in [-0.2, 0) is 6.54 Å². The summed E-state index contributed by atoms with van der Waals surface area (Å²) in [6.07, 6.45) is 0. The van der Waals surface area contributed by atoms with Crippen LogP contribution in [0.15, 0.2) is 30.3 Å². The molecule has 2 heterocycles. The van der Waals surface area contributed by atoms with E-state index >= 15 is 0 Å². The third-order valence-electron chi connectivity index (χ3n) is 3.89. The summed E-state index contributed by atoms with van der Waals surface area (Å²) in [5, 5.41) is 12.3. The second-order valence-electron chi connectivity index (χ2n) is 5.25. The molecule has 7 heteroatoms. The number of imidazole rings is 1. The third kappa shape index (κ3) is 2.07. The third-order valence-corrected chi connectivity index (χ3v) is 4.25. The van der Waals surface area contributed by atoms with Crippen molar-refractivity contribution in [3.8, 4) is 11.4 Å². The van der Waals surface area contributed by atoms with Crippen LogP contribution < -0.4 is 5.32 Å². The number of nitrogens with zero attached hydrogens (tertiary/aromatic N) is 1. The number of hydrogen-bond acceptors (Lipinski definition) is 3. The van der Waals surface area contributed by atoms with E-state index in [4.69, 9.17) is 16.7 Å². The van der Waals surface area contributed by atoms with E-state index in [1.165, 1.54) is 12.1 Å². The minimum absolute atomic E-state index is 0.173. The molecule has 1 amide bonds. The molecule has 0 bridgehead atoms. The standard InChI is InChI=1S/C16H10ClN3O3/c17-10-3-2-8(13-9(10)6-18-15(13)21)14-19-11-4-1-7(16(22)23)5-12(11)20-14/h1-5H,6H2,(H,18,21)(H,19,20)(H,22,23). The Hall–Kier alpha value is -2.86. The van der Waals surface area contributed by atoms with E-state index in [1.54, 1.807) is 18.2 Å². The summed E-state index contributed by atoms with van der Waals surface area (Å²) in [6.45, 7) is 0.393. The number of carbonyl (C=O) groups is 2. The van der Waals surface area contributed by atoms with Crippen molar-refractivity contribution in [3.63, 3.8) is 0 Å². The fourth-order valence-corrected chi connectivity index (χ4v) is 3.00. The lowest BCUT2D eigenvalue weighted by Crippen LogP contribution is -2.13. The first-order valence-electron chi connectivity index (χ1n) is 6.87. The molecule has 2 aromatic carbocycles. The number of fused-ring (bicyclic) bond motifs is 2. The predicted molar refractivity (Wildman–Crippen MR) is 84.7 cm³/mol. The number of aromatic carboxylic acids is 1. The van der Waals surface area contributed by atoms with E-state index in [9.17, 15) is 9.59 Å². The van der Waals surface area contributed by atoms with Crippen molar-refractivity contribution in [1.82, 2.24) is 15.3 Å². The van der Waals surface area contributed by atoms with Crippen LogP contribution >= 0.6 is 11.6 Å². The molecule has 0 radical (unpaired) electrons. The summed E-state index contributed by atoms with van der Waals surface area (Å²) in [5.41, 5.74) is 3.31. The Morgan fingerprint density at radius 3 is 2.87 bits per heavy atom. The first-order valence-corrected chi connectivity index (χ1v) is 7.25. The highest BCUT2D eigenvalue weighted by Gasteiger charge is 2.26. The van der Waals surface area contributed by atoms with E-state index in [0.29, 0.717) is 39.6 Å². The zero-order chi connectivity index (χ0) is 16.1. The number of carboxylic acid groups (broad SMARTS) is 1. The summed E-state index contributed by atoms with van der Waals surface area (Å²) in [6, 6.07) is 8.11. The lowest BCUT2D eigenvalue weighted by molar-refractivity contribution is 0.0696. The summed E-state index contributed by atoms with van der Waals surface area (Å²) < 4.78 is 0. The van der Waals surface area contributed by atoms with Crippen LogP contribution in [0, 0.1) is 0 Å². The first-order chi connectivity index (χ1) is 11.0. The van der Waals surface area contributed by atoms with Crippen molar-refractivity contribution in [2.24, 2.45) is 0 Å². The van der Waals surface area contributed by atoms with Crippen LogP contribution in [-0.4, -0.2) is 27.0 Å². The molecule has 1 aromatic heterocycles. The second kappa shape index (κ2) is 4.82. The van der Waals surface area contributed by atoms with E-state index in [-0.39, 0.29) is 11.5 Å². The molecule has 1 aliphatic rings. The average Bonchev–Trinajstić information content (AvgIpc) is 3.11. The number of aromatic amines is 1. The van der Waals surface area contributed by atoms with Gasteiger partial charge in [-0.2, -0.15) is 0 Å². The summed E-state index contributed by atoms with van der Waals surface area (Å²) in [7, 11) is 0. The SMILES string of the molecule is O=C(O)c1ccc2nc(-c3ccc(Cl)c4c3C(=O)NC4)[nH]c2c1. The van der Waals surface area contributed by atoms with Gasteiger partial charge >= 0.3 is 5.97 Å². The van der Waals surface area contributed by atoms with Crippen LogP contribution in [0.3, 0.4) is 0 Å². The quantitative estimate of drug-likeness (QED) is 0.674. The van der Waals surface area contributed by atoms with Gasteiger partial charge in [0.1, 0.15) is 5.82 Å². The molecule has 0 spiro atoms. The smallest absolute Gasteiger partial charge is 0.335 e. The zero-order valence-electron chi connectivity index (χ0n) is 11.7. The van der Waals surface area contributed by atoms with Crippen molar-refractivity contribution in [2.75, 3.05) is 0 Å². The summed E-state index contributed by atoms with van der Waals surface area (Å²) >= 11 is 6.14. The van der Waals surface area contributed by atoms with Gasteiger partial charge in [0.25, 0.3) is 5.91 Å². The van der Waals surface area contributed by atoms with Crippen LogP contribution in [0.4, 0.5) is 0 Å².